The van der Waals surface area contributed by atoms with E-state index < -0.39 is 21.7 Å². The number of nitrogens with one attached hydrogen (secondary N) is 2. The van der Waals surface area contributed by atoms with Crippen molar-refractivity contribution in [3.8, 4) is 0 Å². The molecular formula is C20H25ClFN3O3S. The average molecular weight is 442 g/mol. The summed E-state index contributed by atoms with van der Waals surface area (Å²) in [6, 6.07) is 8.80. The molecule has 9 heteroatoms. The van der Waals surface area contributed by atoms with Gasteiger partial charge in [-0.3, -0.25) is 9.52 Å². The van der Waals surface area contributed by atoms with Crippen LogP contribution >= 0.6 is 11.6 Å². The highest BCUT2D eigenvalue weighted by Gasteiger charge is 2.23. The average Bonchev–Trinajstić information content (AvgIpc) is 2.60. The molecule has 0 atom stereocenters. The van der Waals surface area contributed by atoms with Gasteiger partial charge >= 0.3 is 0 Å². The Morgan fingerprint density at radius 2 is 1.76 bits per heavy atom. The summed E-state index contributed by atoms with van der Waals surface area (Å²) in [5.74, 6) is -0.934. The number of sulfonamides is 1. The van der Waals surface area contributed by atoms with E-state index in [0.29, 0.717) is 6.54 Å². The zero-order valence-electron chi connectivity index (χ0n) is 16.8. The summed E-state index contributed by atoms with van der Waals surface area (Å²) in [6.45, 7) is 5.19. The van der Waals surface area contributed by atoms with Crippen LogP contribution in [0.15, 0.2) is 47.4 Å². The minimum Gasteiger partial charge on any atom is -0.351 e. The predicted octanol–water partition coefficient (Wildman–Crippen LogP) is 3.60. The summed E-state index contributed by atoms with van der Waals surface area (Å²) >= 11 is 6.13. The lowest BCUT2D eigenvalue weighted by Gasteiger charge is -2.28. The molecule has 0 bridgehead atoms. The Hall–Kier alpha value is -2.16. The molecule has 1 amide bonds. The van der Waals surface area contributed by atoms with Gasteiger partial charge in [0.25, 0.3) is 15.9 Å². The van der Waals surface area contributed by atoms with Gasteiger partial charge in [-0.15, -0.1) is 0 Å². The number of rotatable bonds is 8. The van der Waals surface area contributed by atoms with E-state index in [1.165, 1.54) is 30.3 Å². The van der Waals surface area contributed by atoms with Gasteiger partial charge in [0.2, 0.25) is 0 Å². The first-order valence-electron chi connectivity index (χ1n) is 8.90. The van der Waals surface area contributed by atoms with Gasteiger partial charge in [0.1, 0.15) is 5.82 Å². The third-order valence-corrected chi connectivity index (χ3v) is 5.77. The molecule has 0 radical (unpaired) electrons. The Morgan fingerprint density at radius 1 is 1.14 bits per heavy atom. The lowest BCUT2D eigenvalue weighted by atomic mass is 9.93. The maximum atomic E-state index is 13.0. The van der Waals surface area contributed by atoms with Gasteiger partial charge < -0.3 is 10.2 Å². The molecule has 158 valence electrons. The van der Waals surface area contributed by atoms with Crippen LogP contribution in [0, 0.1) is 11.2 Å². The van der Waals surface area contributed by atoms with E-state index in [9.17, 15) is 17.6 Å². The smallest absolute Gasteiger partial charge is 0.261 e. The van der Waals surface area contributed by atoms with E-state index >= 15 is 0 Å². The lowest BCUT2D eigenvalue weighted by molar-refractivity contribution is 0.0929. The normalized spacial score (nSPS) is 12.1. The minimum atomic E-state index is -3.98. The fourth-order valence-corrected chi connectivity index (χ4v) is 4.19. The summed E-state index contributed by atoms with van der Waals surface area (Å²) in [4.78, 5) is 14.5. The van der Waals surface area contributed by atoms with Crippen molar-refractivity contribution in [2.24, 2.45) is 5.41 Å². The number of anilines is 1. The van der Waals surface area contributed by atoms with Crippen LogP contribution < -0.4 is 10.0 Å². The fraction of sp³-hybridized carbons (Fsp3) is 0.350. The van der Waals surface area contributed by atoms with Gasteiger partial charge in [0.15, 0.2) is 0 Å². The van der Waals surface area contributed by atoms with E-state index in [1.54, 1.807) is 0 Å². The Morgan fingerprint density at radius 3 is 2.34 bits per heavy atom. The van der Waals surface area contributed by atoms with Crippen LogP contribution in [-0.2, 0) is 10.0 Å². The van der Waals surface area contributed by atoms with Crippen LogP contribution in [0.3, 0.4) is 0 Å². The molecule has 2 rings (SSSR count). The second kappa shape index (κ2) is 9.11. The summed E-state index contributed by atoms with van der Waals surface area (Å²) in [5.41, 5.74) is 0.0894. The van der Waals surface area contributed by atoms with Crippen molar-refractivity contribution in [1.82, 2.24) is 10.2 Å². The molecular weight excluding hydrogens is 417 g/mol. The number of benzene rings is 2. The largest absolute Gasteiger partial charge is 0.351 e. The van der Waals surface area contributed by atoms with Crippen molar-refractivity contribution in [2.75, 3.05) is 31.9 Å². The van der Waals surface area contributed by atoms with Crippen molar-refractivity contribution in [2.45, 2.75) is 18.7 Å². The van der Waals surface area contributed by atoms with E-state index in [0.717, 1.165) is 18.7 Å². The summed E-state index contributed by atoms with van der Waals surface area (Å²) in [7, 11) is -0.0813. The molecule has 2 aromatic carbocycles. The SMILES string of the molecule is CN(C)CC(C)(C)CNC(=O)c1cc(S(=O)(=O)Nc2ccc(F)cc2)ccc1Cl. The first-order valence-corrected chi connectivity index (χ1v) is 10.8. The molecule has 2 aromatic rings. The first kappa shape index (κ1) is 23.1. The topological polar surface area (TPSA) is 78.5 Å². The van der Waals surface area contributed by atoms with E-state index in [4.69, 9.17) is 11.6 Å². The van der Waals surface area contributed by atoms with Gasteiger partial charge in [0, 0.05) is 18.8 Å². The molecule has 29 heavy (non-hydrogen) atoms. The van der Waals surface area contributed by atoms with Crippen LogP contribution in [-0.4, -0.2) is 46.4 Å². The highest BCUT2D eigenvalue weighted by molar-refractivity contribution is 7.92. The molecule has 0 aromatic heterocycles. The van der Waals surface area contributed by atoms with Gasteiger partial charge in [-0.05, 0) is 62.0 Å². The number of hydrogen-bond donors (Lipinski definition) is 2. The van der Waals surface area contributed by atoms with E-state index in [1.807, 2.05) is 32.8 Å². The molecule has 0 unspecified atom stereocenters. The van der Waals surface area contributed by atoms with E-state index in [2.05, 4.69) is 10.0 Å². The number of amides is 1. The minimum absolute atomic E-state index is 0.0642. The Kier molecular flexibility index (Phi) is 7.26. The van der Waals surface area contributed by atoms with Crippen LogP contribution in [0.25, 0.3) is 0 Å². The molecule has 0 aliphatic heterocycles. The van der Waals surface area contributed by atoms with Crippen molar-refractivity contribution < 1.29 is 17.6 Å². The standard InChI is InChI=1S/C20H25ClFN3O3S/c1-20(2,13-25(3)4)12-23-19(26)17-11-16(9-10-18(17)21)29(27,28)24-15-7-5-14(22)6-8-15/h5-11,24H,12-13H2,1-4H3,(H,23,26). The first-order chi connectivity index (χ1) is 13.4. The van der Waals surface area contributed by atoms with Crippen LogP contribution in [0.1, 0.15) is 24.2 Å². The number of hydrogen-bond acceptors (Lipinski definition) is 4. The Balaban J connectivity index is 2.20. The van der Waals surface area contributed by atoms with Gasteiger partial charge in [0.05, 0.1) is 15.5 Å². The third kappa shape index (κ3) is 6.69. The van der Waals surface area contributed by atoms with Crippen molar-refractivity contribution >= 4 is 33.2 Å². The van der Waals surface area contributed by atoms with Crippen molar-refractivity contribution in [1.29, 1.82) is 0 Å². The molecule has 6 nitrogen and oxygen atoms in total. The zero-order valence-corrected chi connectivity index (χ0v) is 18.4. The number of halogens is 2. The quantitative estimate of drug-likeness (QED) is 0.656. The molecule has 0 aliphatic rings. The summed E-state index contributed by atoms with van der Waals surface area (Å²) in [6.07, 6.45) is 0. The fourth-order valence-electron chi connectivity index (χ4n) is 2.90. The summed E-state index contributed by atoms with van der Waals surface area (Å²) < 4.78 is 40.6. The molecule has 0 saturated heterocycles. The maximum absolute atomic E-state index is 13.0. The number of carbonyl (C=O) groups excluding carboxylic acids is 1. The monoisotopic (exact) mass is 441 g/mol. The molecule has 2 N–H and O–H groups in total. The highest BCUT2D eigenvalue weighted by Crippen LogP contribution is 2.23. The van der Waals surface area contributed by atoms with Gasteiger partial charge in [-0.2, -0.15) is 0 Å². The van der Waals surface area contributed by atoms with Gasteiger partial charge in [-0.25, -0.2) is 12.8 Å². The van der Waals surface area contributed by atoms with Crippen molar-refractivity contribution in [3.63, 3.8) is 0 Å². The molecule has 0 heterocycles. The highest BCUT2D eigenvalue weighted by atomic mass is 35.5. The third-order valence-electron chi connectivity index (χ3n) is 4.06. The summed E-state index contributed by atoms with van der Waals surface area (Å²) in [5, 5.41) is 2.96. The maximum Gasteiger partial charge on any atom is 0.261 e. The van der Waals surface area contributed by atoms with E-state index in [-0.39, 0.29) is 26.6 Å². The second-order valence-corrected chi connectivity index (χ2v) is 9.93. The lowest BCUT2D eigenvalue weighted by Crippen LogP contribution is -2.40. The Bertz CT molecular complexity index is 977. The molecule has 0 saturated carbocycles. The number of nitrogens with zero attached hydrogens (tertiary/aromatic N) is 1. The molecule has 0 spiro atoms. The van der Waals surface area contributed by atoms with Gasteiger partial charge in [-0.1, -0.05) is 25.4 Å². The zero-order chi connectivity index (χ0) is 21.8. The Labute approximate surface area is 176 Å². The molecule has 0 fully saturated rings. The van der Waals surface area contributed by atoms with Crippen LogP contribution in [0.4, 0.5) is 10.1 Å². The van der Waals surface area contributed by atoms with Crippen molar-refractivity contribution in [3.05, 3.63) is 58.9 Å². The second-order valence-electron chi connectivity index (χ2n) is 7.84. The predicted molar refractivity (Wildman–Crippen MR) is 113 cm³/mol. The van der Waals surface area contributed by atoms with Crippen LogP contribution in [0.2, 0.25) is 5.02 Å². The van der Waals surface area contributed by atoms with Crippen LogP contribution in [0.5, 0.6) is 0 Å². The molecule has 0 aliphatic carbocycles. The number of carbonyl (C=O) groups is 1.